The molecule has 17 heavy (non-hydrogen) atoms. The summed E-state index contributed by atoms with van der Waals surface area (Å²) in [6.45, 7) is 0. The van der Waals surface area contributed by atoms with E-state index < -0.39 is 12.1 Å². The molecule has 1 rings (SSSR count). The number of methoxy groups -OCH3 is 2. The van der Waals surface area contributed by atoms with Gasteiger partial charge < -0.3 is 14.2 Å². The lowest BCUT2D eigenvalue weighted by Crippen LogP contribution is -2.09. The molecule has 0 radical (unpaired) electrons. The third kappa shape index (κ3) is 4.38. The smallest absolute Gasteiger partial charge is 0.497 e. The largest absolute Gasteiger partial charge is 0.516 e. The van der Waals surface area contributed by atoms with Gasteiger partial charge in [-0.15, -0.1) is 0 Å². The Morgan fingerprint density at radius 2 is 1.76 bits per heavy atom. The fraction of sp³-hybridized carbons (Fsp3) is 0.167. The Labute approximate surface area is 98.6 Å². The van der Waals surface area contributed by atoms with E-state index in [1.165, 1.54) is 6.08 Å². The lowest BCUT2D eigenvalue weighted by molar-refractivity contribution is -0.133. The van der Waals surface area contributed by atoms with Crippen LogP contribution in [0, 0.1) is 0 Å². The van der Waals surface area contributed by atoms with Gasteiger partial charge in [-0.2, -0.15) is 0 Å². The molecule has 0 saturated carbocycles. The van der Waals surface area contributed by atoms with Crippen molar-refractivity contribution in [3.63, 3.8) is 0 Å². The Kier molecular flexibility index (Phi) is 4.75. The van der Waals surface area contributed by atoms with Crippen molar-refractivity contribution in [3.05, 3.63) is 35.9 Å². The lowest BCUT2D eigenvalue weighted by atomic mass is 10.2. The number of hydrogen-bond donors (Lipinski definition) is 0. The number of benzene rings is 1. The van der Waals surface area contributed by atoms with Gasteiger partial charge in [0.05, 0.1) is 14.2 Å². The Morgan fingerprint density at radius 3 is 2.29 bits per heavy atom. The molecule has 0 saturated heterocycles. The lowest BCUT2D eigenvalue weighted by Gasteiger charge is -1.99. The molecule has 0 bridgehead atoms. The molecular weight excluding hydrogens is 224 g/mol. The highest BCUT2D eigenvalue weighted by molar-refractivity contribution is 5.93. The molecule has 0 heterocycles. The molecule has 0 aliphatic carbocycles. The van der Waals surface area contributed by atoms with Crippen molar-refractivity contribution < 1.29 is 23.8 Å². The number of ether oxygens (including phenoxy) is 3. The zero-order valence-corrected chi connectivity index (χ0v) is 9.51. The van der Waals surface area contributed by atoms with Crippen molar-refractivity contribution in [2.24, 2.45) is 0 Å². The molecule has 0 fully saturated rings. The van der Waals surface area contributed by atoms with Crippen molar-refractivity contribution in [1.29, 1.82) is 0 Å². The number of carbonyl (C=O) groups excluding carboxylic acids is 2. The zero-order chi connectivity index (χ0) is 12.7. The van der Waals surface area contributed by atoms with Crippen LogP contribution in [-0.2, 0) is 14.3 Å². The van der Waals surface area contributed by atoms with Crippen molar-refractivity contribution in [2.75, 3.05) is 14.2 Å². The van der Waals surface area contributed by atoms with Crippen molar-refractivity contribution in [3.8, 4) is 5.75 Å². The van der Waals surface area contributed by atoms with Crippen molar-refractivity contribution in [2.45, 2.75) is 0 Å². The van der Waals surface area contributed by atoms with Crippen LogP contribution in [-0.4, -0.2) is 26.3 Å². The molecule has 0 aromatic heterocycles. The Bertz CT molecular complexity index is 419. The summed E-state index contributed by atoms with van der Waals surface area (Å²) < 4.78 is 13.4. The maximum absolute atomic E-state index is 11.1. The van der Waals surface area contributed by atoms with E-state index in [9.17, 15) is 9.59 Å². The summed E-state index contributed by atoms with van der Waals surface area (Å²) >= 11 is 0. The normalized spacial score (nSPS) is 10.0. The van der Waals surface area contributed by atoms with E-state index in [4.69, 9.17) is 4.74 Å². The van der Waals surface area contributed by atoms with E-state index in [1.807, 2.05) is 0 Å². The van der Waals surface area contributed by atoms with Gasteiger partial charge in [0.2, 0.25) is 0 Å². The Morgan fingerprint density at radius 1 is 1.12 bits per heavy atom. The van der Waals surface area contributed by atoms with E-state index in [-0.39, 0.29) is 0 Å². The third-order valence-corrected chi connectivity index (χ3v) is 1.88. The Balaban J connectivity index is 2.57. The second-order valence-electron chi connectivity index (χ2n) is 2.98. The quantitative estimate of drug-likeness (QED) is 0.456. The predicted octanol–water partition coefficient (Wildman–Crippen LogP) is 2.02. The number of carbonyl (C=O) groups is 2. The standard InChI is InChI=1S/C12H12O5/c1-15-10-6-3-9(4-7-10)5-8-11(13)17-12(14)16-2/h3-8H,1-2H3. The third-order valence-electron chi connectivity index (χ3n) is 1.88. The minimum atomic E-state index is -1.03. The highest BCUT2D eigenvalue weighted by atomic mass is 16.7. The molecule has 0 N–H and O–H groups in total. The van der Waals surface area contributed by atoms with E-state index in [0.29, 0.717) is 0 Å². The van der Waals surface area contributed by atoms with Gasteiger partial charge in [0.15, 0.2) is 0 Å². The summed E-state index contributed by atoms with van der Waals surface area (Å²) in [5, 5.41) is 0. The van der Waals surface area contributed by atoms with Gasteiger partial charge in [-0.1, -0.05) is 12.1 Å². The average Bonchev–Trinajstić information content (AvgIpc) is 2.36. The van der Waals surface area contributed by atoms with Gasteiger partial charge in [0.25, 0.3) is 0 Å². The van der Waals surface area contributed by atoms with Gasteiger partial charge in [0.1, 0.15) is 5.75 Å². The molecular formula is C12H12O5. The van der Waals surface area contributed by atoms with Crippen LogP contribution in [0.1, 0.15) is 5.56 Å². The van der Waals surface area contributed by atoms with Gasteiger partial charge in [-0.3, -0.25) is 0 Å². The molecule has 1 aromatic carbocycles. The highest BCUT2D eigenvalue weighted by Gasteiger charge is 2.05. The summed E-state index contributed by atoms with van der Waals surface area (Å²) in [5.74, 6) is -0.0630. The molecule has 0 atom stereocenters. The molecule has 0 unspecified atom stereocenters. The minimum absolute atomic E-state index is 0.722. The van der Waals surface area contributed by atoms with E-state index in [2.05, 4.69) is 9.47 Å². The predicted molar refractivity (Wildman–Crippen MR) is 60.5 cm³/mol. The van der Waals surface area contributed by atoms with E-state index in [0.717, 1.165) is 24.5 Å². The van der Waals surface area contributed by atoms with Crippen LogP contribution >= 0.6 is 0 Å². The van der Waals surface area contributed by atoms with E-state index in [1.54, 1.807) is 31.4 Å². The first-order valence-electron chi connectivity index (χ1n) is 4.77. The monoisotopic (exact) mass is 236 g/mol. The summed E-state index contributed by atoms with van der Waals surface area (Å²) in [7, 11) is 2.70. The summed E-state index contributed by atoms with van der Waals surface area (Å²) in [6, 6.07) is 7.04. The van der Waals surface area contributed by atoms with Gasteiger partial charge in [-0.05, 0) is 23.8 Å². The fourth-order valence-corrected chi connectivity index (χ4v) is 1.04. The number of esters is 1. The van der Waals surface area contributed by atoms with Crippen LogP contribution in [0.2, 0.25) is 0 Å². The Hall–Kier alpha value is -2.30. The van der Waals surface area contributed by atoms with Crippen molar-refractivity contribution in [1.82, 2.24) is 0 Å². The van der Waals surface area contributed by atoms with Crippen LogP contribution in [0.3, 0.4) is 0 Å². The molecule has 90 valence electrons. The second-order valence-corrected chi connectivity index (χ2v) is 2.98. The molecule has 0 spiro atoms. The maximum atomic E-state index is 11.1. The first-order valence-corrected chi connectivity index (χ1v) is 4.77. The number of rotatable bonds is 3. The van der Waals surface area contributed by atoms with Gasteiger partial charge >= 0.3 is 12.1 Å². The van der Waals surface area contributed by atoms with Crippen LogP contribution in [0.25, 0.3) is 6.08 Å². The molecule has 0 aliphatic heterocycles. The average molecular weight is 236 g/mol. The molecule has 5 nitrogen and oxygen atoms in total. The first-order chi connectivity index (χ1) is 8.15. The second kappa shape index (κ2) is 6.32. The number of hydrogen-bond acceptors (Lipinski definition) is 5. The van der Waals surface area contributed by atoms with Gasteiger partial charge in [0, 0.05) is 6.08 Å². The SMILES string of the molecule is COC(=O)OC(=O)C=Cc1ccc(OC)cc1. The van der Waals surface area contributed by atoms with Crippen molar-refractivity contribution >= 4 is 18.2 Å². The molecule has 0 amide bonds. The van der Waals surface area contributed by atoms with Crippen LogP contribution in [0.5, 0.6) is 5.75 Å². The summed E-state index contributed by atoms with van der Waals surface area (Å²) in [4.78, 5) is 21.7. The van der Waals surface area contributed by atoms with Crippen LogP contribution in [0.15, 0.2) is 30.3 Å². The molecule has 0 aliphatic rings. The minimum Gasteiger partial charge on any atom is -0.497 e. The molecule has 1 aromatic rings. The zero-order valence-electron chi connectivity index (χ0n) is 9.51. The summed E-state index contributed by atoms with van der Waals surface area (Å²) in [5.41, 5.74) is 0.785. The van der Waals surface area contributed by atoms with E-state index >= 15 is 0 Å². The maximum Gasteiger partial charge on any atom is 0.516 e. The van der Waals surface area contributed by atoms with Crippen LogP contribution < -0.4 is 4.74 Å². The fourth-order valence-electron chi connectivity index (χ4n) is 1.04. The first kappa shape index (κ1) is 12.8. The van der Waals surface area contributed by atoms with Crippen LogP contribution in [0.4, 0.5) is 4.79 Å². The molecule has 5 heteroatoms. The van der Waals surface area contributed by atoms with Gasteiger partial charge in [-0.25, -0.2) is 9.59 Å². The topological polar surface area (TPSA) is 61.8 Å². The highest BCUT2D eigenvalue weighted by Crippen LogP contribution is 2.12. The summed E-state index contributed by atoms with van der Waals surface area (Å²) in [6.07, 6.45) is 1.62.